The van der Waals surface area contributed by atoms with Crippen molar-refractivity contribution in [3.05, 3.63) is 17.8 Å². The molecule has 0 spiro atoms. The highest BCUT2D eigenvalue weighted by Gasteiger charge is 2.41. The molecule has 0 N–H and O–H groups in total. The Morgan fingerprint density at radius 2 is 2.05 bits per heavy atom. The minimum absolute atomic E-state index is 0.0476. The average Bonchev–Trinajstić information content (AvgIpc) is 2.88. The number of ketones is 1. The van der Waals surface area contributed by atoms with Gasteiger partial charge in [-0.2, -0.15) is 0 Å². The molecule has 20 heavy (non-hydrogen) atoms. The zero-order valence-electron chi connectivity index (χ0n) is 10.9. The first kappa shape index (κ1) is 12.2. The van der Waals surface area contributed by atoms with Gasteiger partial charge in [0.25, 0.3) is 0 Å². The van der Waals surface area contributed by atoms with E-state index < -0.39 is 0 Å². The quantitative estimate of drug-likeness (QED) is 0.777. The Morgan fingerprint density at radius 3 is 2.80 bits per heavy atom. The Labute approximate surface area is 120 Å². The standard InChI is InChI=1S/C13H14ClN5O/c14-12-10-13(16-6-15-12)19(7-17-10)5-9-11(20)8-1-3-18(9)4-2-8/h6-9H,1-5H2/t9-/m1/s1. The van der Waals surface area contributed by atoms with Crippen LogP contribution in [0, 0.1) is 5.92 Å². The summed E-state index contributed by atoms with van der Waals surface area (Å²) < 4.78 is 1.91. The summed E-state index contributed by atoms with van der Waals surface area (Å²) in [6.45, 7) is 2.63. The molecule has 104 valence electrons. The maximum Gasteiger partial charge on any atom is 0.164 e. The molecule has 3 saturated heterocycles. The molecule has 3 fully saturated rings. The SMILES string of the molecule is O=C1C2CCN(CC2)[C@@H]1Cn1cnc2c(Cl)ncnc21. The Morgan fingerprint density at radius 1 is 1.25 bits per heavy atom. The second kappa shape index (κ2) is 4.49. The molecule has 7 heteroatoms. The lowest BCUT2D eigenvalue weighted by Crippen LogP contribution is -2.56. The van der Waals surface area contributed by atoms with Gasteiger partial charge in [-0.15, -0.1) is 0 Å². The highest BCUT2D eigenvalue weighted by Crippen LogP contribution is 2.30. The summed E-state index contributed by atoms with van der Waals surface area (Å²) in [6.07, 6.45) is 5.14. The molecule has 0 amide bonds. The smallest absolute Gasteiger partial charge is 0.164 e. The van der Waals surface area contributed by atoms with Crippen LogP contribution in [0.25, 0.3) is 11.2 Å². The Balaban J connectivity index is 1.68. The first-order valence-electron chi connectivity index (χ1n) is 6.83. The van der Waals surface area contributed by atoms with E-state index in [1.165, 1.54) is 6.33 Å². The van der Waals surface area contributed by atoms with Gasteiger partial charge in [-0.3, -0.25) is 9.69 Å². The van der Waals surface area contributed by atoms with Gasteiger partial charge < -0.3 is 4.57 Å². The normalized spacial score (nSPS) is 29.2. The zero-order chi connectivity index (χ0) is 13.7. The van der Waals surface area contributed by atoms with Crippen LogP contribution in [-0.4, -0.2) is 49.3 Å². The molecule has 5 rings (SSSR count). The van der Waals surface area contributed by atoms with Crippen molar-refractivity contribution >= 4 is 28.5 Å². The van der Waals surface area contributed by atoms with E-state index in [4.69, 9.17) is 11.6 Å². The number of hydrogen-bond donors (Lipinski definition) is 0. The van der Waals surface area contributed by atoms with E-state index in [1.54, 1.807) is 6.33 Å². The van der Waals surface area contributed by atoms with Gasteiger partial charge in [0.15, 0.2) is 16.6 Å². The van der Waals surface area contributed by atoms with Crippen LogP contribution in [0.2, 0.25) is 5.15 Å². The average molecular weight is 292 g/mol. The van der Waals surface area contributed by atoms with Crippen LogP contribution in [0.5, 0.6) is 0 Å². The molecular formula is C13H14ClN5O. The van der Waals surface area contributed by atoms with E-state index in [1.807, 2.05) is 4.57 Å². The number of nitrogens with zero attached hydrogens (tertiary/aromatic N) is 5. The lowest BCUT2D eigenvalue weighted by Gasteiger charge is -2.44. The largest absolute Gasteiger partial charge is 0.313 e. The van der Waals surface area contributed by atoms with Gasteiger partial charge in [-0.25, -0.2) is 15.0 Å². The topological polar surface area (TPSA) is 63.9 Å². The van der Waals surface area contributed by atoms with Crippen molar-refractivity contribution in [1.29, 1.82) is 0 Å². The second-order valence-electron chi connectivity index (χ2n) is 5.46. The van der Waals surface area contributed by atoms with Crippen LogP contribution in [0.15, 0.2) is 12.7 Å². The number of fused-ring (bicyclic) bond motifs is 4. The maximum absolute atomic E-state index is 12.4. The zero-order valence-corrected chi connectivity index (χ0v) is 11.6. The highest BCUT2D eigenvalue weighted by atomic mass is 35.5. The lowest BCUT2D eigenvalue weighted by atomic mass is 9.82. The second-order valence-corrected chi connectivity index (χ2v) is 5.82. The first-order chi connectivity index (χ1) is 9.74. The molecule has 2 aromatic rings. The fourth-order valence-corrected chi connectivity index (χ4v) is 3.50. The van der Waals surface area contributed by atoms with E-state index in [2.05, 4.69) is 19.9 Å². The van der Waals surface area contributed by atoms with Crippen molar-refractivity contribution in [3.63, 3.8) is 0 Å². The van der Waals surface area contributed by atoms with E-state index in [-0.39, 0.29) is 12.0 Å². The third-order valence-corrected chi connectivity index (χ3v) is 4.70. The van der Waals surface area contributed by atoms with Gasteiger partial charge in [0, 0.05) is 12.5 Å². The van der Waals surface area contributed by atoms with Crippen molar-refractivity contribution < 1.29 is 4.79 Å². The molecule has 3 aliphatic rings. The molecule has 0 unspecified atom stereocenters. The van der Waals surface area contributed by atoms with Crippen LogP contribution >= 0.6 is 11.6 Å². The van der Waals surface area contributed by atoms with E-state index in [0.717, 1.165) is 25.9 Å². The number of Topliss-reactive ketones (excluding diaryl/α,β-unsaturated/α-hetero) is 1. The molecule has 6 nitrogen and oxygen atoms in total. The molecular weight excluding hydrogens is 278 g/mol. The van der Waals surface area contributed by atoms with Crippen molar-refractivity contribution in [1.82, 2.24) is 24.4 Å². The Bertz CT molecular complexity index is 676. The summed E-state index contributed by atoms with van der Waals surface area (Å²) in [5, 5.41) is 0.352. The lowest BCUT2D eigenvalue weighted by molar-refractivity contribution is -0.137. The van der Waals surface area contributed by atoms with Crippen LogP contribution in [-0.2, 0) is 11.3 Å². The van der Waals surface area contributed by atoms with Crippen molar-refractivity contribution in [3.8, 4) is 0 Å². The van der Waals surface area contributed by atoms with Crippen LogP contribution in [0.3, 0.4) is 0 Å². The van der Waals surface area contributed by atoms with Gasteiger partial charge in [-0.1, -0.05) is 11.6 Å². The van der Waals surface area contributed by atoms with Crippen molar-refractivity contribution in [2.45, 2.75) is 25.4 Å². The van der Waals surface area contributed by atoms with Gasteiger partial charge in [0.1, 0.15) is 11.8 Å². The summed E-state index contributed by atoms with van der Waals surface area (Å²) in [5.41, 5.74) is 1.29. The summed E-state index contributed by atoms with van der Waals surface area (Å²) in [7, 11) is 0. The Hall–Kier alpha value is -1.53. The number of aromatic nitrogens is 4. The molecule has 5 heterocycles. The predicted octanol–water partition coefficient (Wildman–Crippen LogP) is 1.14. The van der Waals surface area contributed by atoms with Crippen molar-refractivity contribution in [2.24, 2.45) is 5.92 Å². The third kappa shape index (κ3) is 1.75. The van der Waals surface area contributed by atoms with Gasteiger partial charge >= 0.3 is 0 Å². The van der Waals surface area contributed by atoms with Crippen molar-refractivity contribution in [2.75, 3.05) is 13.1 Å². The molecule has 2 bridgehead atoms. The number of carbonyl (C=O) groups is 1. The minimum atomic E-state index is -0.0476. The monoisotopic (exact) mass is 291 g/mol. The maximum atomic E-state index is 12.4. The fourth-order valence-electron chi connectivity index (χ4n) is 3.33. The summed E-state index contributed by atoms with van der Waals surface area (Å²) >= 11 is 6.00. The predicted molar refractivity (Wildman–Crippen MR) is 73.4 cm³/mol. The van der Waals surface area contributed by atoms with Gasteiger partial charge in [0.05, 0.1) is 12.4 Å². The van der Waals surface area contributed by atoms with Crippen LogP contribution in [0.1, 0.15) is 12.8 Å². The number of hydrogen-bond acceptors (Lipinski definition) is 5. The first-order valence-corrected chi connectivity index (χ1v) is 7.21. The highest BCUT2D eigenvalue weighted by molar-refractivity contribution is 6.33. The van der Waals surface area contributed by atoms with E-state index in [9.17, 15) is 4.79 Å². The molecule has 3 aliphatic heterocycles. The molecule has 0 saturated carbocycles. The van der Waals surface area contributed by atoms with Crippen LogP contribution in [0.4, 0.5) is 0 Å². The number of imidazole rings is 1. The minimum Gasteiger partial charge on any atom is -0.313 e. The number of piperidine rings is 3. The van der Waals surface area contributed by atoms with E-state index in [0.29, 0.717) is 28.6 Å². The van der Waals surface area contributed by atoms with Crippen LogP contribution < -0.4 is 0 Å². The van der Waals surface area contributed by atoms with Gasteiger partial charge in [-0.05, 0) is 25.9 Å². The number of carbonyl (C=O) groups excluding carboxylic acids is 1. The fraction of sp³-hybridized carbons (Fsp3) is 0.538. The molecule has 1 atom stereocenters. The molecule has 0 aromatic carbocycles. The molecule has 0 radical (unpaired) electrons. The summed E-state index contributed by atoms with van der Waals surface area (Å²) in [5.74, 6) is 0.613. The Kier molecular flexibility index (Phi) is 2.75. The summed E-state index contributed by atoms with van der Waals surface area (Å²) in [6, 6.07) is -0.0476. The molecule has 2 aromatic heterocycles. The molecule has 0 aliphatic carbocycles. The summed E-state index contributed by atoms with van der Waals surface area (Å²) in [4.78, 5) is 27.1. The third-order valence-electron chi connectivity index (χ3n) is 4.43. The number of rotatable bonds is 2. The van der Waals surface area contributed by atoms with Gasteiger partial charge in [0.2, 0.25) is 0 Å². The van der Waals surface area contributed by atoms with E-state index >= 15 is 0 Å². The number of halogens is 1.